The Labute approximate surface area is 160 Å². The molecule has 3 rings (SSSR count). The summed E-state index contributed by atoms with van der Waals surface area (Å²) in [6.45, 7) is 2.76. The van der Waals surface area contributed by atoms with E-state index in [4.69, 9.17) is 21.1 Å². The minimum atomic E-state index is -0.427. The molecular weight excluding hydrogens is 372 g/mol. The average Bonchev–Trinajstić information content (AvgIpc) is 2.96. The largest absolute Gasteiger partial charge is 0.493 e. The van der Waals surface area contributed by atoms with E-state index in [0.29, 0.717) is 35.8 Å². The van der Waals surface area contributed by atoms with Crippen LogP contribution in [0.1, 0.15) is 12.0 Å². The molecule has 0 spiro atoms. The van der Waals surface area contributed by atoms with Crippen molar-refractivity contribution in [3.8, 4) is 11.8 Å². The van der Waals surface area contributed by atoms with Crippen LogP contribution in [0.5, 0.6) is 11.8 Å². The molecule has 144 valence electrons. The number of benzene rings is 1. The Morgan fingerprint density at radius 1 is 1.04 bits per heavy atom. The van der Waals surface area contributed by atoms with Gasteiger partial charge in [0, 0.05) is 32.6 Å². The van der Waals surface area contributed by atoms with Crippen LogP contribution in [-0.4, -0.2) is 31.9 Å². The van der Waals surface area contributed by atoms with Crippen molar-refractivity contribution in [1.29, 1.82) is 0 Å². The van der Waals surface area contributed by atoms with Crippen molar-refractivity contribution in [2.75, 3.05) is 13.2 Å². The molecule has 0 bridgehead atoms. The maximum atomic E-state index is 12.3. The van der Waals surface area contributed by atoms with Gasteiger partial charge in [0.25, 0.3) is 11.6 Å². The maximum absolute atomic E-state index is 12.3. The van der Waals surface area contributed by atoms with Crippen molar-refractivity contribution in [2.24, 2.45) is 21.1 Å². The molecule has 0 N–H and O–H groups in total. The molecule has 0 saturated carbocycles. The van der Waals surface area contributed by atoms with Crippen LogP contribution in [0.3, 0.4) is 0 Å². The van der Waals surface area contributed by atoms with Crippen molar-refractivity contribution in [1.82, 2.24) is 18.7 Å². The smallest absolute Gasteiger partial charge is 0.332 e. The Kier molecular flexibility index (Phi) is 5.27. The molecule has 3 aromatic rings. The third kappa shape index (κ3) is 3.57. The van der Waals surface area contributed by atoms with E-state index in [1.54, 1.807) is 24.7 Å². The molecule has 0 atom stereocenters. The van der Waals surface area contributed by atoms with Gasteiger partial charge in [0.15, 0.2) is 11.2 Å². The number of halogens is 1. The summed E-state index contributed by atoms with van der Waals surface area (Å²) in [7, 11) is 4.70. The lowest BCUT2D eigenvalue weighted by Crippen LogP contribution is -2.37. The lowest BCUT2D eigenvalue weighted by Gasteiger charge is -2.10. The van der Waals surface area contributed by atoms with Gasteiger partial charge in [-0.1, -0.05) is 11.6 Å². The Hall–Kier alpha value is -2.74. The van der Waals surface area contributed by atoms with Crippen LogP contribution in [0.25, 0.3) is 11.2 Å². The number of aromatic nitrogens is 4. The molecule has 0 aliphatic rings. The topological polar surface area (TPSA) is 80.3 Å². The third-order valence-corrected chi connectivity index (χ3v) is 4.58. The molecule has 0 saturated heterocycles. The number of hydrogen-bond donors (Lipinski definition) is 0. The zero-order valence-corrected chi connectivity index (χ0v) is 16.4. The Morgan fingerprint density at radius 3 is 2.44 bits per heavy atom. The lowest BCUT2D eigenvalue weighted by molar-refractivity contribution is 0.232. The second kappa shape index (κ2) is 7.48. The van der Waals surface area contributed by atoms with Gasteiger partial charge >= 0.3 is 5.69 Å². The van der Waals surface area contributed by atoms with Crippen LogP contribution < -0.4 is 20.7 Å². The zero-order chi connectivity index (χ0) is 19.7. The van der Waals surface area contributed by atoms with Crippen LogP contribution in [0.15, 0.2) is 27.8 Å². The van der Waals surface area contributed by atoms with Crippen molar-refractivity contribution < 1.29 is 9.47 Å². The van der Waals surface area contributed by atoms with Crippen LogP contribution in [0, 0.1) is 6.92 Å². The van der Waals surface area contributed by atoms with Crippen molar-refractivity contribution in [2.45, 2.75) is 13.3 Å². The van der Waals surface area contributed by atoms with Gasteiger partial charge in [-0.3, -0.25) is 18.5 Å². The lowest BCUT2D eigenvalue weighted by atomic mass is 10.2. The third-order valence-electron chi connectivity index (χ3n) is 4.35. The molecule has 0 aliphatic carbocycles. The van der Waals surface area contributed by atoms with E-state index >= 15 is 0 Å². The molecule has 0 amide bonds. The molecule has 1 aromatic carbocycles. The second-order valence-corrected chi connectivity index (χ2v) is 6.73. The number of hydrogen-bond acceptors (Lipinski definition) is 5. The SMILES string of the molecule is Cc1cc(Cl)ccc1OCCCOc1nc2c(c(=O)n(C)c(=O)n2C)n1C. The number of ether oxygens (including phenoxy) is 2. The first-order valence-corrected chi connectivity index (χ1v) is 8.83. The van der Waals surface area contributed by atoms with Gasteiger partial charge < -0.3 is 9.47 Å². The number of fused-ring (bicyclic) bond motifs is 1. The summed E-state index contributed by atoms with van der Waals surface area (Å²) in [5.41, 5.74) is 0.759. The fourth-order valence-corrected chi connectivity index (χ4v) is 3.03. The molecule has 0 radical (unpaired) electrons. The maximum Gasteiger partial charge on any atom is 0.332 e. The first-order chi connectivity index (χ1) is 12.8. The van der Waals surface area contributed by atoms with Crippen molar-refractivity contribution >= 4 is 22.8 Å². The predicted octanol–water partition coefficient (Wildman–Crippen LogP) is 1.78. The quantitative estimate of drug-likeness (QED) is 0.597. The van der Waals surface area contributed by atoms with Gasteiger partial charge in [-0.2, -0.15) is 4.98 Å². The summed E-state index contributed by atoms with van der Waals surface area (Å²) in [6, 6.07) is 5.74. The minimum absolute atomic E-state index is 0.283. The van der Waals surface area contributed by atoms with Gasteiger partial charge in [-0.05, 0) is 30.7 Å². The van der Waals surface area contributed by atoms with E-state index in [1.165, 1.54) is 11.6 Å². The van der Waals surface area contributed by atoms with Crippen molar-refractivity contribution in [3.63, 3.8) is 0 Å². The normalized spacial score (nSPS) is 11.1. The highest BCUT2D eigenvalue weighted by Crippen LogP contribution is 2.22. The van der Waals surface area contributed by atoms with E-state index in [2.05, 4.69) is 4.98 Å². The number of rotatable bonds is 6. The molecule has 0 aliphatic heterocycles. The Balaban J connectivity index is 1.67. The number of aryl methyl sites for hydroxylation is 3. The van der Waals surface area contributed by atoms with E-state index in [0.717, 1.165) is 15.9 Å². The van der Waals surface area contributed by atoms with Crippen LogP contribution in [0.4, 0.5) is 0 Å². The number of nitrogens with zero attached hydrogens (tertiary/aromatic N) is 4. The van der Waals surface area contributed by atoms with Crippen LogP contribution in [-0.2, 0) is 21.1 Å². The monoisotopic (exact) mass is 392 g/mol. The van der Waals surface area contributed by atoms with Gasteiger partial charge in [-0.25, -0.2) is 4.79 Å². The van der Waals surface area contributed by atoms with E-state index in [-0.39, 0.29) is 6.01 Å². The summed E-state index contributed by atoms with van der Waals surface area (Å²) >= 11 is 5.93. The predicted molar refractivity (Wildman–Crippen MR) is 103 cm³/mol. The summed E-state index contributed by atoms with van der Waals surface area (Å²) in [4.78, 5) is 28.6. The standard InChI is InChI=1S/C18H21ClN4O4/c1-11-10-12(19)6-7-13(11)26-8-5-9-27-17-20-15-14(21(17)2)16(24)23(4)18(25)22(15)3/h6-7,10H,5,8-9H2,1-4H3. The first kappa shape index (κ1) is 19.0. The zero-order valence-electron chi connectivity index (χ0n) is 15.7. The summed E-state index contributed by atoms with van der Waals surface area (Å²) in [6.07, 6.45) is 0.627. The van der Waals surface area contributed by atoms with Gasteiger partial charge in [0.1, 0.15) is 5.75 Å². The molecule has 2 heterocycles. The number of imidazole rings is 1. The average molecular weight is 393 g/mol. The molecule has 9 heteroatoms. The summed E-state index contributed by atoms with van der Waals surface area (Å²) in [5.74, 6) is 0.778. The second-order valence-electron chi connectivity index (χ2n) is 6.29. The molecule has 2 aromatic heterocycles. The molecule has 27 heavy (non-hydrogen) atoms. The molecule has 8 nitrogen and oxygen atoms in total. The fraction of sp³-hybridized carbons (Fsp3) is 0.389. The van der Waals surface area contributed by atoms with Crippen LogP contribution >= 0.6 is 11.6 Å². The fourth-order valence-electron chi connectivity index (χ4n) is 2.81. The Morgan fingerprint density at radius 2 is 1.74 bits per heavy atom. The van der Waals surface area contributed by atoms with Crippen LogP contribution in [0.2, 0.25) is 5.02 Å². The summed E-state index contributed by atoms with van der Waals surface area (Å²) < 4.78 is 15.3. The molecular formula is C18H21ClN4O4. The highest BCUT2D eigenvalue weighted by atomic mass is 35.5. The van der Waals surface area contributed by atoms with Gasteiger partial charge in [0.2, 0.25) is 0 Å². The van der Waals surface area contributed by atoms with Gasteiger partial charge in [-0.15, -0.1) is 0 Å². The van der Waals surface area contributed by atoms with E-state index in [9.17, 15) is 9.59 Å². The van der Waals surface area contributed by atoms with Crippen molar-refractivity contribution in [3.05, 3.63) is 49.6 Å². The highest BCUT2D eigenvalue weighted by Gasteiger charge is 2.17. The summed E-state index contributed by atoms with van der Waals surface area (Å²) in [5, 5.41) is 0.672. The van der Waals surface area contributed by atoms with E-state index < -0.39 is 11.2 Å². The molecule has 0 unspecified atom stereocenters. The Bertz CT molecular complexity index is 1110. The van der Waals surface area contributed by atoms with E-state index in [1.807, 2.05) is 19.1 Å². The minimum Gasteiger partial charge on any atom is -0.493 e. The van der Waals surface area contributed by atoms with Gasteiger partial charge in [0.05, 0.1) is 13.2 Å². The molecule has 0 fully saturated rings. The highest BCUT2D eigenvalue weighted by molar-refractivity contribution is 6.30. The first-order valence-electron chi connectivity index (χ1n) is 8.45.